The Morgan fingerprint density at radius 1 is 1.06 bits per heavy atom. The molecule has 182 valence electrons. The zero-order chi connectivity index (χ0) is 25.1. The molecule has 2 aliphatic rings. The lowest BCUT2D eigenvalue weighted by atomic mass is 10.1. The Morgan fingerprint density at radius 2 is 1.71 bits per heavy atom. The number of fused-ring (bicyclic) bond motifs is 3. The quantitative estimate of drug-likeness (QED) is 0.524. The number of benzene rings is 2. The first kappa shape index (κ1) is 23.0. The van der Waals surface area contributed by atoms with Gasteiger partial charge in [0.25, 0.3) is 5.91 Å². The molecule has 2 aromatic carbocycles. The molecule has 0 spiro atoms. The third-order valence-electron chi connectivity index (χ3n) is 6.43. The Morgan fingerprint density at radius 3 is 2.34 bits per heavy atom. The number of nitrogens with one attached hydrogen (secondary N) is 1. The Kier molecular flexibility index (Phi) is 5.19. The lowest BCUT2D eigenvalue weighted by Gasteiger charge is -2.32. The van der Waals surface area contributed by atoms with Gasteiger partial charge in [0, 0.05) is 25.0 Å². The minimum atomic E-state index is -4.39. The summed E-state index contributed by atoms with van der Waals surface area (Å²) in [4.78, 5) is 22.0. The predicted molar refractivity (Wildman–Crippen MR) is 130 cm³/mol. The van der Waals surface area contributed by atoms with E-state index in [0.717, 1.165) is 29.2 Å². The average Bonchev–Trinajstić information content (AvgIpc) is 3.26. The van der Waals surface area contributed by atoms with Gasteiger partial charge in [0.2, 0.25) is 5.96 Å². The van der Waals surface area contributed by atoms with E-state index < -0.39 is 11.7 Å². The fourth-order valence-electron chi connectivity index (χ4n) is 4.74. The molecule has 1 amide bonds. The maximum Gasteiger partial charge on any atom is 0.416 e. The fraction of sp³-hybridized carbons (Fsp3) is 0.308. The van der Waals surface area contributed by atoms with Crippen molar-refractivity contribution in [2.24, 2.45) is 4.99 Å². The molecule has 0 radical (unpaired) electrons. The maximum atomic E-state index is 13.6. The average molecular weight is 482 g/mol. The Hall–Kier alpha value is -3.75. The number of aromatic nitrogens is 1. The topological polar surface area (TPSA) is 52.9 Å². The highest BCUT2D eigenvalue weighted by Gasteiger charge is 2.45. The first-order chi connectivity index (χ1) is 16.5. The van der Waals surface area contributed by atoms with Crippen molar-refractivity contribution >= 4 is 29.1 Å². The molecular formula is C26H26F3N5O. The molecule has 0 saturated carbocycles. The number of para-hydroxylation sites is 1. The van der Waals surface area contributed by atoms with Gasteiger partial charge in [-0.2, -0.15) is 13.2 Å². The number of hydrogen-bond acceptors (Lipinski definition) is 4. The predicted octanol–water partition coefficient (Wildman–Crippen LogP) is 5.65. The number of amides is 1. The number of carbonyl (C=O) groups is 1. The molecule has 0 atom stereocenters. The summed E-state index contributed by atoms with van der Waals surface area (Å²) in [6, 6.07) is 14.6. The molecule has 6 nitrogen and oxygen atoms in total. The summed E-state index contributed by atoms with van der Waals surface area (Å²) >= 11 is 0. The number of alkyl halides is 3. The summed E-state index contributed by atoms with van der Waals surface area (Å²) in [6.45, 7) is 6.89. The second kappa shape index (κ2) is 7.90. The van der Waals surface area contributed by atoms with Crippen molar-refractivity contribution < 1.29 is 18.0 Å². The SMILES string of the molecule is Cc1c2c(c(Nc3ccccc3)n1Cc1ccc(C(F)(F)F)cc1)C(=O)N(C)C1=NC(C)(C)CN12. The van der Waals surface area contributed by atoms with Gasteiger partial charge >= 0.3 is 6.18 Å². The van der Waals surface area contributed by atoms with Crippen LogP contribution in [0.3, 0.4) is 0 Å². The van der Waals surface area contributed by atoms with E-state index in [9.17, 15) is 18.0 Å². The number of aliphatic imine (C=N–C) groups is 1. The second-order valence-electron chi connectivity index (χ2n) is 9.60. The van der Waals surface area contributed by atoms with Crippen molar-refractivity contribution in [1.82, 2.24) is 9.47 Å². The van der Waals surface area contributed by atoms with E-state index in [-0.39, 0.29) is 11.4 Å². The largest absolute Gasteiger partial charge is 0.416 e. The van der Waals surface area contributed by atoms with Gasteiger partial charge in [-0.3, -0.25) is 9.69 Å². The van der Waals surface area contributed by atoms with Gasteiger partial charge in [0.1, 0.15) is 11.4 Å². The molecule has 5 rings (SSSR count). The molecule has 1 aromatic heterocycles. The number of anilines is 3. The zero-order valence-electron chi connectivity index (χ0n) is 19.9. The van der Waals surface area contributed by atoms with Crippen LogP contribution in [0.5, 0.6) is 0 Å². The van der Waals surface area contributed by atoms with Crippen molar-refractivity contribution in [3.63, 3.8) is 0 Å². The van der Waals surface area contributed by atoms with Gasteiger partial charge in [-0.15, -0.1) is 0 Å². The molecule has 2 aliphatic heterocycles. The monoisotopic (exact) mass is 481 g/mol. The minimum absolute atomic E-state index is 0.180. The first-order valence-corrected chi connectivity index (χ1v) is 11.3. The summed E-state index contributed by atoms with van der Waals surface area (Å²) in [6.07, 6.45) is -4.39. The van der Waals surface area contributed by atoms with Crippen LogP contribution in [0.1, 0.15) is 41.0 Å². The summed E-state index contributed by atoms with van der Waals surface area (Å²) in [5, 5.41) is 3.40. The molecule has 0 aliphatic carbocycles. The third-order valence-corrected chi connectivity index (χ3v) is 6.43. The van der Waals surface area contributed by atoms with Gasteiger partial charge in [0.15, 0.2) is 0 Å². The molecule has 0 saturated heterocycles. The Bertz CT molecular complexity index is 1320. The lowest BCUT2D eigenvalue weighted by Crippen LogP contribution is -2.48. The fourth-order valence-corrected chi connectivity index (χ4v) is 4.74. The van der Waals surface area contributed by atoms with Gasteiger partial charge in [-0.25, -0.2) is 4.99 Å². The van der Waals surface area contributed by atoms with Crippen molar-refractivity contribution in [1.29, 1.82) is 0 Å². The molecule has 35 heavy (non-hydrogen) atoms. The molecule has 3 aromatic rings. The number of carbonyl (C=O) groups excluding carboxylic acids is 1. The number of guanidine groups is 1. The smallest absolute Gasteiger partial charge is 0.341 e. The van der Waals surface area contributed by atoms with Gasteiger partial charge in [0.05, 0.1) is 23.3 Å². The Balaban J connectivity index is 1.64. The molecule has 1 N–H and O–H groups in total. The van der Waals surface area contributed by atoms with Crippen LogP contribution in [-0.2, 0) is 12.7 Å². The van der Waals surface area contributed by atoms with E-state index in [4.69, 9.17) is 4.99 Å². The first-order valence-electron chi connectivity index (χ1n) is 11.3. The molecule has 0 bridgehead atoms. The van der Waals surface area contributed by atoms with Crippen molar-refractivity contribution in [3.8, 4) is 0 Å². The normalized spacial score (nSPS) is 16.8. The number of rotatable bonds is 4. The van der Waals surface area contributed by atoms with Crippen molar-refractivity contribution in [3.05, 3.63) is 77.0 Å². The van der Waals surface area contributed by atoms with E-state index in [1.807, 2.05) is 55.7 Å². The highest BCUT2D eigenvalue weighted by molar-refractivity contribution is 6.22. The molecule has 0 fully saturated rings. The van der Waals surface area contributed by atoms with Crippen molar-refractivity contribution in [2.75, 3.05) is 23.8 Å². The third kappa shape index (κ3) is 3.94. The summed E-state index contributed by atoms with van der Waals surface area (Å²) in [5.41, 5.74) is 2.59. The van der Waals surface area contributed by atoms with Crippen LogP contribution in [0.4, 0.5) is 30.4 Å². The van der Waals surface area contributed by atoms with Gasteiger partial charge in [-0.05, 0) is 50.6 Å². The molecular weight excluding hydrogens is 455 g/mol. The zero-order valence-corrected chi connectivity index (χ0v) is 19.9. The standard InChI is InChI=1S/C26H26F3N5O/c1-16-21-20(23(35)32(4)24-31-25(2,3)15-34(21)24)22(30-19-8-6-5-7-9-19)33(16)14-17-10-12-18(13-11-17)26(27,28)29/h5-13,30H,14-15H2,1-4H3. The minimum Gasteiger partial charge on any atom is -0.341 e. The van der Waals surface area contributed by atoms with Crippen LogP contribution in [-0.4, -0.2) is 40.5 Å². The summed E-state index contributed by atoms with van der Waals surface area (Å²) < 4.78 is 41.2. The van der Waals surface area contributed by atoms with Crippen LogP contribution >= 0.6 is 0 Å². The number of halogens is 3. The van der Waals surface area contributed by atoms with E-state index >= 15 is 0 Å². The highest BCUT2D eigenvalue weighted by Crippen LogP contribution is 2.43. The second-order valence-corrected chi connectivity index (χ2v) is 9.60. The summed E-state index contributed by atoms with van der Waals surface area (Å²) in [7, 11) is 1.72. The number of nitrogens with zero attached hydrogens (tertiary/aromatic N) is 4. The highest BCUT2D eigenvalue weighted by atomic mass is 19.4. The molecule has 0 unspecified atom stereocenters. The lowest BCUT2D eigenvalue weighted by molar-refractivity contribution is -0.137. The van der Waals surface area contributed by atoms with Gasteiger partial charge in [-0.1, -0.05) is 30.3 Å². The number of hydrogen-bond donors (Lipinski definition) is 1. The van der Waals surface area contributed by atoms with Gasteiger partial charge < -0.3 is 14.8 Å². The molecule has 3 heterocycles. The Labute approximate surface area is 201 Å². The van der Waals surface area contributed by atoms with Crippen LogP contribution in [0.15, 0.2) is 59.6 Å². The van der Waals surface area contributed by atoms with E-state index in [2.05, 4.69) is 10.2 Å². The molecule has 9 heteroatoms. The van der Waals surface area contributed by atoms with Crippen molar-refractivity contribution in [2.45, 2.75) is 39.0 Å². The van der Waals surface area contributed by atoms with Crippen LogP contribution in [0.2, 0.25) is 0 Å². The van der Waals surface area contributed by atoms with E-state index in [0.29, 0.717) is 36.0 Å². The van der Waals surface area contributed by atoms with Crippen LogP contribution in [0.25, 0.3) is 0 Å². The maximum absolute atomic E-state index is 13.6. The van der Waals surface area contributed by atoms with E-state index in [1.54, 1.807) is 11.9 Å². The summed E-state index contributed by atoms with van der Waals surface area (Å²) in [5.74, 6) is 1.03. The van der Waals surface area contributed by atoms with Crippen LogP contribution in [0, 0.1) is 6.92 Å². The van der Waals surface area contributed by atoms with E-state index in [1.165, 1.54) is 12.1 Å². The van der Waals surface area contributed by atoms with Crippen LogP contribution < -0.4 is 10.2 Å².